The van der Waals surface area contributed by atoms with E-state index in [4.69, 9.17) is 4.74 Å². The van der Waals surface area contributed by atoms with Crippen molar-refractivity contribution in [2.45, 2.75) is 83.4 Å². The molecule has 10 rings (SSSR count). The first kappa shape index (κ1) is 34.4. The van der Waals surface area contributed by atoms with E-state index in [0.29, 0.717) is 30.5 Å². The first-order valence-electron chi connectivity index (χ1n) is 18.9. The predicted octanol–water partition coefficient (Wildman–Crippen LogP) is 9.69. The van der Waals surface area contributed by atoms with Gasteiger partial charge in [-0.05, 0) is 91.0 Å². The van der Waals surface area contributed by atoms with E-state index in [-0.39, 0.29) is 35.3 Å². The molecule has 1 saturated heterocycles. The molecule has 0 unspecified atom stereocenters. The van der Waals surface area contributed by atoms with Crippen molar-refractivity contribution in [3.8, 4) is 16.9 Å². The number of allylic oxidation sites excluding steroid dienone is 4. The third-order valence-corrected chi connectivity index (χ3v) is 14.7. The van der Waals surface area contributed by atoms with Gasteiger partial charge in [0.25, 0.3) is 0 Å². The zero-order chi connectivity index (χ0) is 37.0. The van der Waals surface area contributed by atoms with E-state index in [1.807, 2.05) is 42.5 Å². The first-order valence-corrected chi connectivity index (χ1v) is 18.9. The number of Topliss-reactive ketones (excluding diaryl/α,β-unsaturated/α-hetero) is 1. The molecule has 53 heavy (non-hydrogen) atoms. The standard InChI is InChI=1S/C44H44F3NO5/c1-39-19-16-32(49)24-41(39)22-23-43(34(25-41)37(50)31-12-10-30(11-13-31)29-6-4-3-5-7-29)35(39)17-20-40(2)36(43)18-21-42(40)27-48(38(51)53-42)26-28-8-14-33(15-9-28)52-44(45,46)47/h3-15,22-23,25,32,35-36,49H,16-21,24,26-27H2,1-2H3/t32-,35+,36+,39+,40-,41-,42+,43+/m0/s1. The molecule has 6 aliphatic carbocycles. The second-order valence-electron chi connectivity index (χ2n) is 17.0. The van der Waals surface area contributed by atoms with Gasteiger partial charge in [0.05, 0.1) is 12.6 Å². The van der Waals surface area contributed by atoms with Gasteiger partial charge in [-0.3, -0.25) is 9.69 Å². The van der Waals surface area contributed by atoms with Crippen LogP contribution in [0, 0.1) is 33.5 Å². The van der Waals surface area contributed by atoms with Gasteiger partial charge in [-0.15, -0.1) is 13.2 Å². The Labute approximate surface area is 307 Å². The molecule has 276 valence electrons. The zero-order valence-electron chi connectivity index (χ0n) is 30.0. The van der Waals surface area contributed by atoms with Crippen LogP contribution in [0.25, 0.3) is 11.1 Å². The van der Waals surface area contributed by atoms with E-state index in [1.54, 1.807) is 17.0 Å². The summed E-state index contributed by atoms with van der Waals surface area (Å²) in [5, 5.41) is 11.0. The van der Waals surface area contributed by atoms with E-state index < -0.39 is 40.4 Å². The molecular weight excluding hydrogens is 679 g/mol. The minimum atomic E-state index is -4.78. The van der Waals surface area contributed by atoms with E-state index in [2.05, 4.69) is 48.9 Å². The van der Waals surface area contributed by atoms with Gasteiger partial charge in [-0.2, -0.15) is 0 Å². The van der Waals surface area contributed by atoms with Crippen molar-refractivity contribution in [1.82, 2.24) is 4.90 Å². The number of carbonyl (C=O) groups is 2. The Balaban J connectivity index is 1.06. The monoisotopic (exact) mass is 723 g/mol. The molecule has 9 heteroatoms. The lowest BCUT2D eigenvalue weighted by Gasteiger charge is -2.71. The fourth-order valence-electron chi connectivity index (χ4n) is 12.1. The van der Waals surface area contributed by atoms with Crippen LogP contribution in [0.4, 0.5) is 18.0 Å². The highest BCUT2D eigenvalue weighted by molar-refractivity contribution is 6.10. The number of alkyl halides is 3. The molecule has 3 aromatic carbocycles. The van der Waals surface area contributed by atoms with Crippen LogP contribution < -0.4 is 4.74 Å². The van der Waals surface area contributed by atoms with E-state index in [9.17, 15) is 23.1 Å². The number of ketones is 1. The SMILES string of the molecule is C[C@]12CC[C@H]3[C@]4(C=C[C@@]5(C=C4C(=O)c4ccc(-c6ccccc6)cc4)C[C@@H](O)CC[C@]35C)[C@@H]1CC[C@@]21CN(Cc2ccc(OC(F)(F)F)cc2)C(=O)O1. The fraction of sp³-hybridized carbons (Fsp3) is 0.455. The van der Waals surface area contributed by atoms with Crippen LogP contribution in [0.2, 0.25) is 0 Å². The number of rotatable bonds is 6. The number of aliphatic hydroxyl groups is 1. The number of nitrogens with zero attached hydrogens (tertiary/aromatic N) is 1. The van der Waals surface area contributed by atoms with Crippen LogP contribution in [0.1, 0.15) is 74.7 Å². The van der Waals surface area contributed by atoms with Crippen molar-refractivity contribution in [2.24, 2.45) is 33.5 Å². The Kier molecular flexibility index (Phi) is 7.51. The van der Waals surface area contributed by atoms with Crippen LogP contribution in [0.5, 0.6) is 5.75 Å². The van der Waals surface area contributed by atoms with Crippen LogP contribution >= 0.6 is 0 Å². The van der Waals surface area contributed by atoms with Crippen LogP contribution in [0.3, 0.4) is 0 Å². The molecule has 4 fully saturated rings. The summed E-state index contributed by atoms with van der Waals surface area (Å²) in [6.45, 7) is 5.20. The fourth-order valence-corrected chi connectivity index (χ4v) is 12.1. The van der Waals surface area contributed by atoms with Crippen molar-refractivity contribution in [3.63, 3.8) is 0 Å². The average molecular weight is 724 g/mol. The van der Waals surface area contributed by atoms with Gasteiger partial charge in [0.15, 0.2) is 5.78 Å². The number of hydrogen-bond donors (Lipinski definition) is 1. The normalized spacial score (nSPS) is 36.8. The van der Waals surface area contributed by atoms with E-state index >= 15 is 4.79 Å². The summed E-state index contributed by atoms with van der Waals surface area (Å²) in [4.78, 5) is 30.3. The lowest BCUT2D eigenvalue weighted by Crippen LogP contribution is -2.67. The Bertz CT molecular complexity index is 2030. The summed E-state index contributed by atoms with van der Waals surface area (Å²) in [5.41, 5.74) is 1.91. The second kappa shape index (κ2) is 11.6. The highest BCUT2D eigenvalue weighted by Crippen LogP contribution is 2.79. The van der Waals surface area contributed by atoms with Crippen molar-refractivity contribution in [2.75, 3.05) is 6.54 Å². The molecule has 6 nitrogen and oxygen atoms in total. The summed E-state index contributed by atoms with van der Waals surface area (Å²) in [5.74, 6) is -0.0856. The summed E-state index contributed by atoms with van der Waals surface area (Å²) in [6, 6.07) is 23.6. The van der Waals surface area contributed by atoms with Crippen molar-refractivity contribution < 1.29 is 37.3 Å². The molecule has 1 N–H and O–H groups in total. The molecule has 3 aromatic rings. The Morgan fingerprint density at radius 3 is 2.25 bits per heavy atom. The van der Waals surface area contributed by atoms with Gasteiger partial charge < -0.3 is 14.6 Å². The molecule has 7 aliphatic rings. The Hall–Kier alpha value is -4.37. The first-order chi connectivity index (χ1) is 25.2. The second-order valence-corrected chi connectivity index (χ2v) is 17.0. The summed E-state index contributed by atoms with van der Waals surface area (Å²) < 4.78 is 48.7. The van der Waals surface area contributed by atoms with Gasteiger partial charge in [0.2, 0.25) is 0 Å². The predicted molar refractivity (Wildman–Crippen MR) is 193 cm³/mol. The number of ether oxygens (including phenoxy) is 2. The number of fused-ring (bicyclic) bond motifs is 2. The Morgan fingerprint density at radius 1 is 0.868 bits per heavy atom. The van der Waals surface area contributed by atoms with Crippen molar-refractivity contribution in [3.05, 3.63) is 114 Å². The number of halogens is 3. The summed E-state index contributed by atoms with van der Waals surface area (Å²) >= 11 is 0. The van der Waals surface area contributed by atoms with Gasteiger partial charge in [0, 0.05) is 33.9 Å². The van der Waals surface area contributed by atoms with Gasteiger partial charge in [0.1, 0.15) is 11.4 Å². The topological polar surface area (TPSA) is 76.1 Å². The lowest BCUT2D eigenvalue weighted by molar-refractivity contribution is -0.274. The quantitative estimate of drug-likeness (QED) is 0.203. The maximum atomic E-state index is 15.0. The molecule has 3 spiro atoms. The molecule has 1 aliphatic heterocycles. The number of carbonyl (C=O) groups excluding carboxylic acids is 2. The van der Waals surface area contributed by atoms with Gasteiger partial charge in [-0.25, -0.2) is 4.79 Å². The number of amides is 1. The Morgan fingerprint density at radius 2 is 1.53 bits per heavy atom. The highest BCUT2D eigenvalue weighted by atomic mass is 19.4. The largest absolute Gasteiger partial charge is 0.573 e. The van der Waals surface area contributed by atoms with Crippen LogP contribution in [-0.2, 0) is 11.3 Å². The molecular formula is C44H44F3NO5. The lowest BCUT2D eigenvalue weighted by atomic mass is 9.32. The minimum absolute atomic E-state index is 0.0219. The number of benzene rings is 3. The maximum Gasteiger partial charge on any atom is 0.573 e. The molecule has 2 bridgehead atoms. The van der Waals surface area contributed by atoms with E-state index in [1.165, 1.54) is 12.1 Å². The molecule has 1 amide bonds. The molecule has 0 radical (unpaired) electrons. The third-order valence-electron chi connectivity index (χ3n) is 14.7. The zero-order valence-corrected chi connectivity index (χ0v) is 30.0. The van der Waals surface area contributed by atoms with E-state index in [0.717, 1.165) is 48.8 Å². The highest BCUT2D eigenvalue weighted by Gasteiger charge is 2.76. The minimum Gasteiger partial charge on any atom is -0.440 e. The molecule has 8 atom stereocenters. The summed E-state index contributed by atoms with van der Waals surface area (Å²) in [6.07, 6.45) is 6.60. The molecule has 1 heterocycles. The molecule has 0 aromatic heterocycles. The average Bonchev–Trinajstić information content (AvgIpc) is 3.62. The van der Waals surface area contributed by atoms with Gasteiger partial charge in [-0.1, -0.05) is 98.8 Å². The smallest absolute Gasteiger partial charge is 0.440 e. The van der Waals surface area contributed by atoms with Crippen LogP contribution in [0.15, 0.2) is 103 Å². The third kappa shape index (κ3) is 4.94. The number of aliphatic hydroxyl groups excluding tert-OH is 1. The summed E-state index contributed by atoms with van der Waals surface area (Å²) in [7, 11) is 0. The van der Waals surface area contributed by atoms with Crippen LogP contribution in [-0.4, -0.2) is 46.5 Å². The number of hydrogen-bond acceptors (Lipinski definition) is 5. The maximum absolute atomic E-state index is 15.0. The van der Waals surface area contributed by atoms with Crippen molar-refractivity contribution in [1.29, 1.82) is 0 Å². The molecule has 3 saturated carbocycles. The van der Waals surface area contributed by atoms with Crippen molar-refractivity contribution >= 4 is 11.9 Å². The van der Waals surface area contributed by atoms with Gasteiger partial charge >= 0.3 is 12.5 Å².